The molecule has 2 unspecified atom stereocenters. The minimum Gasteiger partial charge on any atom is -0.477 e. The van der Waals surface area contributed by atoms with Crippen molar-refractivity contribution in [2.24, 2.45) is 5.16 Å². The zero-order valence-electron chi connectivity index (χ0n) is 13.9. The summed E-state index contributed by atoms with van der Waals surface area (Å²) in [5.74, 6) is -0.229. The molecule has 0 saturated carbocycles. The van der Waals surface area contributed by atoms with Crippen molar-refractivity contribution in [3.8, 4) is 12.3 Å². The molecule has 0 spiro atoms. The fourth-order valence-corrected chi connectivity index (χ4v) is 4.62. The second kappa shape index (κ2) is 8.09. The number of amides is 2. The third kappa shape index (κ3) is 3.64. The number of oxime groups is 1. The molecular formula is C15H12ClN5O5S2. The van der Waals surface area contributed by atoms with Crippen LogP contribution in [0.5, 0.6) is 0 Å². The molecule has 3 heterocycles. The van der Waals surface area contributed by atoms with E-state index >= 15 is 0 Å². The maximum atomic E-state index is 12.7. The van der Waals surface area contributed by atoms with Crippen molar-refractivity contribution in [3.05, 3.63) is 21.8 Å². The van der Waals surface area contributed by atoms with Crippen LogP contribution >= 0.6 is 34.7 Å². The maximum Gasteiger partial charge on any atom is 0.353 e. The van der Waals surface area contributed by atoms with Crippen molar-refractivity contribution in [1.29, 1.82) is 0 Å². The average Bonchev–Trinajstić information content (AvgIpc) is 3.08. The molecule has 2 aliphatic rings. The number of carboxylic acids is 1. The molecule has 1 fully saturated rings. The Bertz CT molecular complexity index is 953. The summed E-state index contributed by atoms with van der Waals surface area (Å²) < 4.78 is 0. The molecule has 0 radical (unpaired) electrons. The number of carbonyl (C=O) groups is 3. The van der Waals surface area contributed by atoms with Crippen molar-refractivity contribution in [1.82, 2.24) is 15.2 Å². The summed E-state index contributed by atoms with van der Waals surface area (Å²) in [7, 11) is 0. The summed E-state index contributed by atoms with van der Waals surface area (Å²) in [6.45, 7) is -0.170. The van der Waals surface area contributed by atoms with Crippen molar-refractivity contribution in [2.75, 3.05) is 18.1 Å². The lowest BCUT2D eigenvalue weighted by atomic mass is 10.0. The number of thioether (sulfide) groups is 1. The number of fused-ring (bicyclic) bond motifs is 1. The van der Waals surface area contributed by atoms with Gasteiger partial charge in [0.15, 0.2) is 17.5 Å². The van der Waals surface area contributed by atoms with Gasteiger partial charge in [-0.2, -0.15) is 0 Å². The third-order valence-electron chi connectivity index (χ3n) is 3.69. The van der Waals surface area contributed by atoms with Gasteiger partial charge in [0.1, 0.15) is 22.8 Å². The molecule has 0 aromatic carbocycles. The smallest absolute Gasteiger partial charge is 0.353 e. The van der Waals surface area contributed by atoms with Crippen molar-refractivity contribution >= 4 is 63.3 Å². The van der Waals surface area contributed by atoms with E-state index in [2.05, 4.69) is 21.4 Å². The Labute approximate surface area is 171 Å². The van der Waals surface area contributed by atoms with E-state index in [9.17, 15) is 19.5 Å². The Morgan fingerprint density at radius 2 is 2.36 bits per heavy atom. The number of hydrogen-bond acceptors (Lipinski definition) is 9. The largest absolute Gasteiger partial charge is 0.477 e. The van der Waals surface area contributed by atoms with Crippen LogP contribution in [0.25, 0.3) is 0 Å². The monoisotopic (exact) mass is 441 g/mol. The summed E-state index contributed by atoms with van der Waals surface area (Å²) in [6.07, 6.45) is 5.09. The number of terminal acetylenes is 1. The zero-order chi connectivity index (χ0) is 20.4. The topological polar surface area (TPSA) is 147 Å². The van der Waals surface area contributed by atoms with Crippen LogP contribution in [0.1, 0.15) is 5.69 Å². The van der Waals surface area contributed by atoms with Crippen LogP contribution in [0.2, 0.25) is 0 Å². The number of nitrogens with zero attached hydrogens (tertiary/aromatic N) is 3. The van der Waals surface area contributed by atoms with Gasteiger partial charge < -0.3 is 21.0 Å². The number of halogens is 1. The molecule has 2 amide bonds. The highest BCUT2D eigenvalue weighted by Crippen LogP contribution is 2.41. The number of aromatic nitrogens is 1. The molecule has 0 aliphatic carbocycles. The predicted molar refractivity (Wildman–Crippen MR) is 103 cm³/mol. The van der Waals surface area contributed by atoms with E-state index in [1.54, 1.807) is 0 Å². The van der Waals surface area contributed by atoms with Gasteiger partial charge in [-0.25, -0.2) is 9.78 Å². The second-order valence-electron chi connectivity index (χ2n) is 5.41. The summed E-state index contributed by atoms with van der Waals surface area (Å²) in [6, 6.07) is -0.953. The van der Waals surface area contributed by atoms with Crippen LogP contribution < -0.4 is 11.1 Å². The van der Waals surface area contributed by atoms with E-state index in [0.29, 0.717) is 0 Å². The Kier molecular flexibility index (Phi) is 5.78. The molecule has 13 heteroatoms. The molecule has 1 aromatic heterocycles. The highest BCUT2D eigenvalue weighted by molar-refractivity contribution is 8.00. The number of thiazole rings is 1. The van der Waals surface area contributed by atoms with Gasteiger partial charge in [-0.15, -0.1) is 29.5 Å². The highest BCUT2D eigenvalue weighted by atomic mass is 35.5. The fourth-order valence-electron chi connectivity index (χ4n) is 2.53. The lowest BCUT2D eigenvalue weighted by molar-refractivity contribution is -0.150. The fraction of sp³-hybridized carbons (Fsp3) is 0.267. The molecule has 4 N–H and O–H groups in total. The Balaban J connectivity index is 1.78. The van der Waals surface area contributed by atoms with E-state index in [1.807, 2.05) is 0 Å². The molecule has 10 nitrogen and oxygen atoms in total. The first-order valence-electron chi connectivity index (χ1n) is 7.57. The SMILES string of the molecule is C#CCO/N=C(/C(=O)NC1C(=O)N2C(C(=O)O)=C(Cl)CSC12)c1csc(N)n1. The van der Waals surface area contributed by atoms with E-state index in [4.69, 9.17) is 28.6 Å². The number of nitrogens with one attached hydrogen (secondary N) is 1. The first-order valence-corrected chi connectivity index (χ1v) is 9.88. The number of carbonyl (C=O) groups excluding carboxylic acids is 2. The van der Waals surface area contributed by atoms with Crippen LogP contribution in [0.15, 0.2) is 21.3 Å². The number of anilines is 1. The van der Waals surface area contributed by atoms with Crippen molar-refractivity contribution in [3.63, 3.8) is 0 Å². The number of aliphatic carboxylic acids is 1. The van der Waals surface area contributed by atoms with Crippen LogP contribution in [-0.4, -0.2) is 62.3 Å². The van der Waals surface area contributed by atoms with Gasteiger partial charge in [0.05, 0.1) is 5.03 Å². The molecule has 28 heavy (non-hydrogen) atoms. The Morgan fingerprint density at radius 3 is 2.96 bits per heavy atom. The number of hydrogen-bond donors (Lipinski definition) is 3. The minimum atomic E-state index is -1.31. The summed E-state index contributed by atoms with van der Waals surface area (Å²) in [5, 5.41) is 16.7. The van der Waals surface area contributed by atoms with Gasteiger partial charge in [0, 0.05) is 11.1 Å². The van der Waals surface area contributed by atoms with Gasteiger partial charge in [0.2, 0.25) is 0 Å². The number of β-lactam (4-membered cyclic amide) rings is 1. The zero-order valence-corrected chi connectivity index (χ0v) is 16.3. The lowest BCUT2D eigenvalue weighted by Gasteiger charge is -2.48. The summed E-state index contributed by atoms with van der Waals surface area (Å²) >= 11 is 8.25. The van der Waals surface area contributed by atoms with Gasteiger partial charge in [-0.3, -0.25) is 14.5 Å². The minimum absolute atomic E-state index is 0.0646. The van der Waals surface area contributed by atoms with E-state index in [0.717, 1.165) is 16.2 Å². The molecule has 2 atom stereocenters. The average molecular weight is 442 g/mol. The molecular weight excluding hydrogens is 430 g/mol. The van der Waals surface area contributed by atoms with Gasteiger partial charge in [-0.05, 0) is 0 Å². The standard InChI is InChI=1S/C15H12ClN5O5S2/c1-2-3-26-20-8(7-5-28-15(17)18-7)11(22)19-9-12(23)21-10(14(24)25)6(16)4-27-13(9)21/h1,5,9,13H,3-4H2,(H2,17,18)(H,19,22)(H,24,25)/b20-8+. The first kappa shape index (κ1) is 20.0. The highest BCUT2D eigenvalue weighted by Gasteiger charge is 2.54. The third-order valence-corrected chi connectivity index (χ3v) is 6.12. The van der Waals surface area contributed by atoms with Crippen LogP contribution in [-0.2, 0) is 19.2 Å². The molecule has 2 aliphatic heterocycles. The van der Waals surface area contributed by atoms with E-state index < -0.39 is 29.2 Å². The lowest BCUT2D eigenvalue weighted by Crippen LogP contribution is -2.71. The van der Waals surface area contributed by atoms with Crippen LogP contribution in [0.4, 0.5) is 5.13 Å². The molecule has 0 bridgehead atoms. The van der Waals surface area contributed by atoms with Crippen molar-refractivity contribution in [2.45, 2.75) is 11.4 Å². The summed E-state index contributed by atoms with van der Waals surface area (Å²) in [4.78, 5) is 46.4. The van der Waals surface area contributed by atoms with Crippen LogP contribution in [0, 0.1) is 12.3 Å². The normalized spacial score (nSPS) is 21.5. The Morgan fingerprint density at radius 1 is 1.61 bits per heavy atom. The van der Waals surface area contributed by atoms with Gasteiger partial charge >= 0.3 is 5.97 Å². The molecule has 1 aromatic rings. The summed E-state index contributed by atoms with van der Waals surface area (Å²) in [5.41, 5.74) is 5.26. The maximum absolute atomic E-state index is 12.7. The Hall–Kier alpha value is -2.75. The number of nitrogen functional groups attached to an aromatic ring is 1. The number of carboxylic acid groups (broad SMARTS) is 1. The van der Waals surface area contributed by atoms with E-state index in [-0.39, 0.29) is 39.6 Å². The van der Waals surface area contributed by atoms with Crippen molar-refractivity contribution < 1.29 is 24.3 Å². The van der Waals surface area contributed by atoms with Gasteiger partial charge in [0.25, 0.3) is 11.8 Å². The second-order valence-corrected chi connectivity index (χ2v) is 7.86. The van der Waals surface area contributed by atoms with E-state index in [1.165, 1.54) is 17.1 Å². The molecule has 3 rings (SSSR count). The number of nitrogens with two attached hydrogens (primary N) is 1. The first-order chi connectivity index (χ1) is 13.3. The van der Waals surface area contributed by atoms with Gasteiger partial charge in [-0.1, -0.05) is 22.7 Å². The van der Waals surface area contributed by atoms with Crippen LogP contribution in [0.3, 0.4) is 0 Å². The quantitative estimate of drug-likeness (QED) is 0.184. The predicted octanol–water partition coefficient (Wildman–Crippen LogP) is 0.0141. The molecule has 146 valence electrons. The molecule has 1 saturated heterocycles. The number of rotatable bonds is 6.